The molecule has 1 fully saturated rings. The lowest BCUT2D eigenvalue weighted by molar-refractivity contribution is -0.0499. The first-order chi connectivity index (χ1) is 10.1. The second-order valence-electron chi connectivity index (χ2n) is 5.51. The molecule has 2 unspecified atom stereocenters. The molecule has 0 radical (unpaired) electrons. The van der Waals surface area contributed by atoms with E-state index < -0.39 is 6.61 Å². The molecule has 0 aromatic heterocycles. The quantitative estimate of drug-likeness (QED) is 0.835. The molecule has 118 valence electrons. The number of nitrogens with zero attached hydrogens (tertiary/aromatic N) is 1. The van der Waals surface area contributed by atoms with E-state index in [2.05, 4.69) is 28.8 Å². The number of hydrogen-bond donors (Lipinski definition) is 1. The van der Waals surface area contributed by atoms with E-state index in [0.29, 0.717) is 6.04 Å². The summed E-state index contributed by atoms with van der Waals surface area (Å²) in [6.07, 6.45) is 2.44. The third kappa shape index (κ3) is 4.64. The average molecular weight is 298 g/mol. The van der Waals surface area contributed by atoms with E-state index in [1.165, 1.54) is 12.8 Å². The van der Waals surface area contributed by atoms with Gasteiger partial charge in [0.05, 0.1) is 0 Å². The standard InChI is InChI=1S/C16H24F2N2O/c1-3-20(11-14-7-5-9-19-14)12(2)13-6-4-8-15(10-13)21-16(17)18/h4,6,8,10,12,14,16,19H,3,5,7,9,11H2,1-2H3. The Morgan fingerprint density at radius 1 is 1.43 bits per heavy atom. The molecule has 1 N–H and O–H groups in total. The van der Waals surface area contributed by atoms with Crippen molar-refractivity contribution in [2.75, 3.05) is 19.6 Å². The van der Waals surface area contributed by atoms with Crippen molar-refractivity contribution in [2.24, 2.45) is 0 Å². The van der Waals surface area contributed by atoms with Crippen LogP contribution in [-0.4, -0.2) is 37.2 Å². The van der Waals surface area contributed by atoms with Crippen LogP contribution in [0, 0.1) is 0 Å². The maximum Gasteiger partial charge on any atom is 0.387 e. The highest BCUT2D eigenvalue weighted by Gasteiger charge is 2.21. The molecule has 5 heteroatoms. The molecule has 0 bridgehead atoms. The van der Waals surface area contributed by atoms with Crippen LogP contribution in [-0.2, 0) is 0 Å². The van der Waals surface area contributed by atoms with Crippen molar-refractivity contribution >= 4 is 0 Å². The minimum absolute atomic E-state index is 0.179. The number of nitrogens with one attached hydrogen (secondary N) is 1. The van der Waals surface area contributed by atoms with E-state index in [1.54, 1.807) is 18.2 Å². The molecule has 0 amide bonds. The van der Waals surface area contributed by atoms with Gasteiger partial charge in [0.1, 0.15) is 5.75 Å². The van der Waals surface area contributed by atoms with Crippen LogP contribution >= 0.6 is 0 Å². The van der Waals surface area contributed by atoms with Gasteiger partial charge in [0.15, 0.2) is 0 Å². The summed E-state index contributed by atoms with van der Waals surface area (Å²) in [6.45, 7) is 4.47. The zero-order chi connectivity index (χ0) is 15.2. The Hall–Kier alpha value is -1.20. The van der Waals surface area contributed by atoms with E-state index in [9.17, 15) is 8.78 Å². The van der Waals surface area contributed by atoms with Gasteiger partial charge < -0.3 is 10.1 Å². The van der Waals surface area contributed by atoms with Gasteiger partial charge in [0, 0.05) is 18.6 Å². The van der Waals surface area contributed by atoms with Crippen LogP contribution in [0.2, 0.25) is 0 Å². The molecule has 21 heavy (non-hydrogen) atoms. The Balaban J connectivity index is 2.03. The van der Waals surface area contributed by atoms with Gasteiger partial charge >= 0.3 is 6.61 Å². The van der Waals surface area contributed by atoms with Crippen molar-refractivity contribution in [1.29, 1.82) is 0 Å². The molecule has 1 aliphatic heterocycles. The highest BCUT2D eigenvalue weighted by atomic mass is 19.3. The molecule has 1 heterocycles. The molecule has 1 aliphatic rings. The van der Waals surface area contributed by atoms with Crippen LogP contribution in [0.3, 0.4) is 0 Å². The Labute approximate surface area is 125 Å². The number of rotatable bonds is 7. The van der Waals surface area contributed by atoms with Gasteiger partial charge in [-0.25, -0.2) is 0 Å². The van der Waals surface area contributed by atoms with E-state index in [4.69, 9.17) is 0 Å². The zero-order valence-corrected chi connectivity index (χ0v) is 12.7. The normalized spacial score (nSPS) is 20.2. The second kappa shape index (κ2) is 7.71. The van der Waals surface area contributed by atoms with Gasteiger partial charge in [0.25, 0.3) is 0 Å². The zero-order valence-electron chi connectivity index (χ0n) is 12.7. The van der Waals surface area contributed by atoms with E-state index >= 15 is 0 Å². The van der Waals surface area contributed by atoms with Gasteiger partial charge in [-0.05, 0) is 50.6 Å². The summed E-state index contributed by atoms with van der Waals surface area (Å²) in [7, 11) is 0. The van der Waals surface area contributed by atoms with Crippen molar-refractivity contribution in [1.82, 2.24) is 10.2 Å². The topological polar surface area (TPSA) is 24.5 Å². The second-order valence-corrected chi connectivity index (χ2v) is 5.51. The van der Waals surface area contributed by atoms with E-state index in [0.717, 1.165) is 25.2 Å². The van der Waals surface area contributed by atoms with Crippen LogP contribution < -0.4 is 10.1 Å². The number of ether oxygens (including phenoxy) is 1. The maximum absolute atomic E-state index is 12.3. The monoisotopic (exact) mass is 298 g/mol. The summed E-state index contributed by atoms with van der Waals surface area (Å²) in [4.78, 5) is 2.37. The lowest BCUT2D eigenvalue weighted by atomic mass is 10.1. The van der Waals surface area contributed by atoms with E-state index in [-0.39, 0.29) is 11.8 Å². The van der Waals surface area contributed by atoms with Crippen molar-refractivity contribution in [3.8, 4) is 5.75 Å². The molecule has 3 nitrogen and oxygen atoms in total. The Morgan fingerprint density at radius 2 is 2.24 bits per heavy atom. The van der Waals surface area contributed by atoms with Gasteiger partial charge in [-0.15, -0.1) is 0 Å². The smallest absolute Gasteiger partial charge is 0.387 e. The lowest BCUT2D eigenvalue weighted by Gasteiger charge is -2.30. The van der Waals surface area contributed by atoms with Crippen molar-refractivity contribution in [3.63, 3.8) is 0 Å². The highest BCUT2D eigenvalue weighted by Crippen LogP contribution is 2.25. The molecule has 0 spiro atoms. The predicted octanol–water partition coefficient (Wildman–Crippen LogP) is 3.42. The fourth-order valence-corrected chi connectivity index (χ4v) is 2.92. The molecule has 2 rings (SSSR count). The summed E-state index contributed by atoms with van der Waals surface area (Å²) in [5, 5.41) is 3.50. The summed E-state index contributed by atoms with van der Waals surface area (Å²) in [6, 6.07) is 7.73. The van der Waals surface area contributed by atoms with Crippen molar-refractivity contribution < 1.29 is 13.5 Å². The largest absolute Gasteiger partial charge is 0.435 e. The van der Waals surface area contributed by atoms with Crippen molar-refractivity contribution in [3.05, 3.63) is 29.8 Å². The van der Waals surface area contributed by atoms with Gasteiger partial charge in [0.2, 0.25) is 0 Å². The third-order valence-electron chi connectivity index (χ3n) is 4.14. The fraction of sp³-hybridized carbons (Fsp3) is 0.625. The van der Waals surface area contributed by atoms with Crippen LogP contribution in [0.5, 0.6) is 5.75 Å². The van der Waals surface area contributed by atoms with Gasteiger partial charge in [-0.1, -0.05) is 19.1 Å². The molecule has 1 aromatic carbocycles. The number of hydrogen-bond acceptors (Lipinski definition) is 3. The molecular weight excluding hydrogens is 274 g/mol. The minimum atomic E-state index is -2.78. The summed E-state index contributed by atoms with van der Waals surface area (Å²) in [5.74, 6) is 0.226. The first kappa shape index (κ1) is 16.2. The van der Waals surface area contributed by atoms with Gasteiger partial charge in [-0.2, -0.15) is 8.78 Å². The molecule has 0 aliphatic carbocycles. The summed E-state index contributed by atoms with van der Waals surface area (Å²) >= 11 is 0. The van der Waals surface area contributed by atoms with Gasteiger partial charge in [-0.3, -0.25) is 4.90 Å². The van der Waals surface area contributed by atoms with Crippen LogP contribution in [0.15, 0.2) is 24.3 Å². The third-order valence-corrected chi connectivity index (χ3v) is 4.14. The molecule has 0 saturated carbocycles. The number of alkyl halides is 2. The van der Waals surface area contributed by atoms with Crippen LogP contribution in [0.25, 0.3) is 0 Å². The van der Waals surface area contributed by atoms with Crippen LogP contribution in [0.1, 0.15) is 38.3 Å². The Morgan fingerprint density at radius 3 is 2.86 bits per heavy atom. The SMILES string of the molecule is CCN(CC1CCCN1)C(C)c1cccc(OC(F)F)c1. The highest BCUT2D eigenvalue weighted by molar-refractivity contribution is 5.30. The molecular formula is C16H24F2N2O. The predicted molar refractivity (Wildman–Crippen MR) is 79.8 cm³/mol. The first-order valence-electron chi connectivity index (χ1n) is 7.62. The maximum atomic E-state index is 12.3. The number of benzene rings is 1. The van der Waals surface area contributed by atoms with Crippen molar-refractivity contribution in [2.45, 2.75) is 45.4 Å². The minimum Gasteiger partial charge on any atom is -0.435 e. The average Bonchev–Trinajstić information content (AvgIpc) is 2.96. The van der Waals surface area contributed by atoms with E-state index in [1.807, 2.05) is 6.07 Å². The number of likely N-dealkylation sites (N-methyl/N-ethyl adjacent to an activating group) is 1. The molecule has 1 aromatic rings. The Bertz CT molecular complexity index is 436. The Kier molecular flexibility index (Phi) is 5.94. The first-order valence-corrected chi connectivity index (χ1v) is 7.62. The van der Waals surface area contributed by atoms with Crippen LogP contribution in [0.4, 0.5) is 8.78 Å². The lowest BCUT2D eigenvalue weighted by Crippen LogP contribution is -2.38. The number of halogens is 2. The molecule has 2 atom stereocenters. The molecule has 1 saturated heterocycles. The fourth-order valence-electron chi connectivity index (χ4n) is 2.92. The summed E-state index contributed by atoms with van der Waals surface area (Å²) in [5.41, 5.74) is 1.01. The summed E-state index contributed by atoms with van der Waals surface area (Å²) < 4.78 is 29.1.